The number of hydrogen-bond acceptors (Lipinski definition) is 3. The minimum atomic E-state index is -0.0139. The second-order valence-electron chi connectivity index (χ2n) is 1.87. The highest BCUT2D eigenvalue weighted by molar-refractivity contribution is 4.55. The average Bonchev–Trinajstić information content (AvgIpc) is 1.90. The highest BCUT2D eigenvalue weighted by Gasteiger charge is 2.06. The van der Waals surface area contributed by atoms with Gasteiger partial charge in [0.15, 0.2) is 0 Å². The van der Waals surface area contributed by atoms with Gasteiger partial charge in [-0.15, -0.1) is 0 Å². The van der Waals surface area contributed by atoms with Crippen LogP contribution in [0.25, 0.3) is 0 Å². The van der Waals surface area contributed by atoms with Gasteiger partial charge in [-0.25, -0.2) is 0 Å². The molecular formula is C7H10O3. The summed E-state index contributed by atoms with van der Waals surface area (Å²) in [6.45, 7) is 0.942. The molecule has 56 valence electrons. The van der Waals surface area contributed by atoms with Crippen LogP contribution < -0.4 is 0 Å². The highest BCUT2D eigenvalue weighted by Crippen LogP contribution is 1.98. The van der Waals surface area contributed by atoms with E-state index in [9.17, 15) is 0 Å². The molecule has 0 aliphatic rings. The number of rotatable bonds is 6. The van der Waals surface area contributed by atoms with Crippen molar-refractivity contribution < 1.29 is 14.2 Å². The van der Waals surface area contributed by atoms with Gasteiger partial charge in [0.25, 0.3) is 0 Å². The molecule has 10 heavy (non-hydrogen) atoms. The Kier molecular flexibility index (Phi) is 6.91. The summed E-state index contributed by atoms with van der Waals surface area (Å²) in [4.78, 5) is 0. The summed E-state index contributed by atoms with van der Waals surface area (Å²) in [6.07, 6.45) is 0. The molecule has 0 spiro atoms. The van der Waals surface area contributed by atoms with Gasteiger partial charge in [-0.3, -0.25) is 0 Å². The Morgan fingerprint density at radius 1 is 0.800 bits per heavy atom. The average molecular weight is 142 g/mol. The maximum atomic E-state index is 4.80. The van der Waals surface area contributed by atoms with E-state index >= 15 is 0 Å². The fourth-order valence-electron chi connectivity index (χ4n) is 0.553. The molecule has 0 bridgehead atoms. The second kappa shape index (κ2) is 6.99. The fourth-order valence-corrected chi connectivity index (χ4v) is 0.553. The van der Waals surface area contributed by atoms with Crippen LogP contribution >= 0.6 is 0 Å². The Bertz CT molecular complexity index is 51.6. The molecule has 0 heterocycles. The van der Waals surface area contributed by atoms with E-state index in [2.05, 4.69) is 14.2 Å². The quantitative estimate of drug-likeness (QED) is 0.545. The zero-order valence-electron chi connectivity index (χ0n) is 5.66. The van der Waals surface area contributed by atoms with Crippen LogP contribution in [0.15, 0.2) is 0 Å². The summed E-state index contributed by atoms with van der Waals surface area (Å²) in [5.74, 6) is -0.0139. The van der Waals surface area contributed by atoms with Gasteiger partial charge in [0.1, 0.15) is 21.3 Å². The summed E-state index contributed by atoms with van der Waals surface area (Å²) < 4.78 is 13.0. The summed E-state index contributed by atoms with van der Waals surface area (Å²) in [7, 11) is 14.4. The maximum absolute atomic E-state index is 4.80. The first-order chi connectivity index (χ1) is 4.85. The molecule has 0 aliphatic carbocycles. The standard InChI is InChI=1S/C7H10O3/c1-8-4-7(5-9-2)6-10-3/h1-3,7H,4-6H2. The molecule has 0 aromatic heterocycles. The number of ether oxygens (including phenoxy) is 3. The lowest BCUT2D eigenvalue weighted by atomic mass is 10.2. The van der Waals surface area contributed by atoms with Crippen molar-refractivity contribution in [1.82, 2.24) is 0 Å². The molecule has 0 atom stereocenters. The third-order valence-corrected chi connectivity index (χ3v) is 0.996. The third kappa shape index (κ3) is 4.73. The van der Waals surface area contributed by atoms with E-state index in [1.54, 1.807) is 0 Å². The normalized spacial score (nSPS) is 10.8. The predicted octanol–water partition coefficient (Wildman–Crippen LogP) is 0.658. The minimum Gasteiger partial charge on any atom is -0.372 e. The van der Waals surface area contributed by atoms with Crippen molar-refractivity contribution in [2.75, 3.05) is 19.8 Å². The Balaban J connectivity index is 3.30. The molecule has 0 rings (SSSR count). The summed E-state index contributed by atoms with van der Waals surface area (Å²) in [5, 5.41) is 0. The highest BCUT2D eigenvalue weighted by atomic mass is 16.5. The lowest BCUT2D eigenvalue weighted by Crippen LogP contribution is -2.18. The number of hydrogen-bond donors (Lipinski definition) is 0. The molecule has 0 aliphatic heterocycles. The summed E-state index contributed by atoms with van der Waals surface area (Å²) >= 11 is 0. The molecule has 0 saturated heterocycles. The van der Waals surface area contributed by atoms with Crippen molar-refractivity contribution in [3.8, 4) is 0 Å². The van der Waals surface area contributed by atoms with Crippen LogP contribution in [0.3, 0.4) is 0 Å². The maximum Gasteiger partial charge on any atom is 0.115 e. The first-order valence-electron chi connectivity index (χ1n) is 2.80. The van der Waals surface area contributed by atoms with Crippen LogP contribution in [0.4, 0.5) is 0 Å². The molecule has 0 fully saturated rings. The van der Waals surface area contributed by atoms with Gasteiger partial charge in [0.2, 0.25) is 0 Å². The van der Waals surface area contributed by atoms with Gasteiger partial charge in [-0.2, -0.15) is 0 Å². The van der Waals surface area contributed by atoms with Gasteiger partial charge in [-0.05, 0) is 0 Å². The van der Waals surface area contributed by atoms with Gasteiger partial charge < -0.3 is 14.2 Å². The Hall–Kier alpha value is -0.120. The lowest BCUT2D eigenvalue weighted by Gasteiger charge is -2.11. The van der Waals surface area contributed by atoms with Crippen molar-refractivity contribution in [3.63, 3.8) is 0 Å². The molecule has 3 heteroatoms. The molecule has 0 aromatic rings. The van der Waals surface area contributed by atoms with Crippen LogP contribution in [0, 0.1) is 27.2 Å². The zero-order valence-corrected chi connectivity index (χ0v) is 5.66. The van der Waals surface area contributed by atoms with E-state index in [-0.39, 0.29) is 5.92 Å². The van der Waals surface area contributed by atoms with Crippen molar-refractivity contribution in [2.24, 2.45) is 5.92 Å². The van der Waals surface area contributed by atoms with Crippen molar-refractivity contribution in [1.29, 1.82) is 0 Å². The monoisotopic (exact) mass is 142 g/mol. The SMILES string of the molecule is [CH]OCC(CO[CH])CO[CH]. The lowest BCUT2D eigenvalue weighted by molar-refractivity contribution is 0.0668. The van der Waals surface area contributed by atoms with E-state index in [0.29, 0.717) is 19.8 Å². The molecular weight excluding hydrogens is 132 g/mol. The van der Waals surface area contributed by atoms with Gasteiger partial charge in [0, 0.05) is 5.92 Å². The van der Waals surface area contributed by atoms with Crippen LogP contribution in [-0.2, 0) is 14.2 Å². The zero-order chi connectivity index (χ0) is 7.82. The molecule has 0 saturated carbocycles. The van der Waals surface area contributed by atoms with Crippen LogP contribution in [0.5, 0.6) is 0 Å². The molecule has 0 unspecified atom stereocenters. The van der Waals surface area contributed by atoms with Crippen LogP contribution in [0.2, 0.25) is 0 Å². The van der Waals surface area contributed by atoms with Crippen molar-refractivity contribution >= 4 is 0 Å². The van der Waals surface area contributed by atoms with Crippen LogP contribution in [0.1, 0.15) is 0 Å². The van der Waals surface area contributed by atoms with E-state index in [4.69, 9.17) is 21.3 Å². The van der Waals surface area contributed by atoms with E-state index < -0.39 is 0 Å². The topological polar surface area (TPSA) is 27.7 Å². The molecule has 0 amide bonds. The smallest absolute Gasteiger partial charge is 0.115 e. The largest absolute Gasteiger partial charge is 0.372 e. The van der Waals surface area contributed by atoms with E-state index in [0.717, 1.165) is 0 Å². The molecule has 3 nitrogen and oxygen atoms in total. The Labute approximate surface area is 62.3 Å². The molecule has 0 aromatic carbocycles. The summed E-state index contributed by atoms with van der Waals surface area (Å²) in [5.41, 5.74) is 0. The molecule has 0 N–H and O–H groups in total. The van der Waals surface area contributed by atoms with E-state index in [1.807, 2.05) is 0 Å². The fraction of sp³-hybridized carbons (Fsp3) is 0.571. The minimum absolute atomic E-state index is 0.0139. The first kappa shape index (κ1) is 9.88. The van der Waals surface area contributed by atoms with Gasteiger partial charge in [0.05, 0.1) is 19.8 Å². The third-order valence-electron chi connectivity index (χ3n) is 0.996. The Morgan fingerprint density at radius 3 is 1.30 bits per heavy atom. The first-order valence-corrected chi connectivity index (χ1v) is 2.80. The van der Waals surface area contributed by atoms with Crippen LogP contribution in [-0.4, -0.2) is 19.8 Å². The molecule has 6 radical (unpaired) electrons. The van der Waals surface area contributed by atoms with Gasteiger partial charge >= 0.3 is 0 Å². The predicted molar refractivity (Wildman–Crippen MR) is 34.2 cm³/mol. The van der Waals surface area contributed by atoms with E-state index in [1.165, 1.54) is 0 Å². The summed E-state index contributed by atoms with van der Waals surface area (Å²) in [6, 6.07) is 0. The second-order valence-corrected chi connectivity index (χ2v) is 1.87. The Morgan fingerprint density at radius 2 is 1.10 bits per heavy atom. The van der Waals surface area contributed by atoms with Gasteiger partial charge in [-0.1, -0.05) is 0 Å². The van der Waals surface area contributed by atoms with Crippen molar-refractivity contribution in [3.05, 3.63) is 21.3 Å². The van der Waals surface area contributed by atoms with Crippen molar-refractivity contribution in [2.45, 2.75) is 0 Å².